The molecule has 3 unspecified atom stereocenters. The summed E-state index contributed by atoms with van der Waals surface area (Å²) in [5.74, 6) is -0.194. The first-order valence-electron chi connectivity index (χ1n) is 22.9. The normalized spacial score (nSPS) is 14.7. The van der Waals surface area contributed by atoms with Gasteiger partial charge >= 0.3 is 7.82 Å². The van der Waals surface area contributed by atoms with Crippen LogP contribution in [0.15, 0.2) is 36.5 Å². The van der Waals surface area contributed by atoms with Crippen LogP contribution in [-0.2, 0) is 18.4 Å². The summed E-state index contributed by atoms with van der Waals surface area (Å²) in [6, 6.07) is -0.864. The fourth-order valence-corrected chi connectivity index (χ4v) is 7.16. The molecule has 0 fully saturated rings. The van der Waals surface area contributed by atoms with Crippen molar-refractivity contribution < 1.29 is 32.9 Å². The van der Waals surface area contributed by atoms with E-state index in [0.717, 1.165) is 44.9 Å². The van der Waals surface area contributed by atoms with E-state index in [9.17, 15) is 19.4 Å². The number of hydrogen-bond acceptors (Lipinski definition) is 5. The van der Waals surface area contributed by atoms with E-state index in [1.807, 2.05) is 27.2 Å². The van der Waals surface area contributed by atoms with E-state index in [1.54, 1.807) is 6.08 Å². The topological polar surface area (TPSA) is 105 Å². The van der Waals surface area contributed by atoms with Gasteiger partial charge in [0.15, 0.2) is 0 Å². The number of hydrogen-bond donors (Lipinski definition) is 3. The first-order valence-corrected chi connectivity index (χ1v) is 24.4. The number of likely N-dealkylation sites (N-methyl/N-ethyl adjacent to an activating group) is 1. The first-order chi connectivity index (χ1) is 26.5. The van der Waals surface area contributed by atoms with Crippen molar-refractivity contribution in [3.05, 3.63) is 36.5 Å². The van der Waals surface area contributed by atoms with Crippen LogP contribution in [0.1, 0.15) is 200 Å². The van der Waals surface area contributed by atoms with Crippen molar-refractivity contribution in [2.24, 2.45) is 0 Å². The quantitative estimate of drug-likeness (QED) is 0.0246. The van der Waals surface area contributed by atoms with E-state index in [1.165, 1.54) is 135 Å². The number of aliphatic hydroxyl groups is 1. The van der Waals surface area contributed by atoms with Crippen LogP contribution in [0.5, 0.6) is 0 Å². The number of amides is 1. The molecule has 0 heterocycles. The average Bonchev–Trinajstić information content (AvgIpc) is 3.13. The number of carbonyl (C=O) groups is 1. The zero-order valence-electron chi connectivity index (χ0n) is 36.7. The standard InChI is InChI=1S/C46H89N2O6P/c1-6-8-10-12-14-16-18-19-20-21-22-23-24-25-26-27-28-29-30-31-33-35-37-39-45(49)44(43-54-55(51,52)53-42-41-48(3,4)5)47-46(50)40-38-36-34-32-17-15-13-11-9-7-2/h26-27,30-31,37,39,44-45,49H,6-25,28-29,32-36,38,40-43H2,1-5H3,(H-,47,50,51,52)/p+1/b27-26+,31-30+,39-37+. The zero-order valence-corrected chi connectivity index (χ0v) is 37.6. The van der Waals surface area contributed by atoms with Crippen LogP contribution < -0.4 is 5.32 Å². The highest BCUT2D eigenvalue weighted by Gasteiger charge is 2.27. The van der Waals surface area contributed by atoms with Gasteiger partial charge < -0.3 is 19.8 Å². The molecule has 0 aliphatic heterocycles. The Hall–Kier alpha value is -1.28. The highest BCUT2D eigenvalue weighted by molar-refractivity contribution is 7.47. The number of quaternary nitrogens is 1. The SMILES string of the molecule is CCCCCCCCCCCCCCC/C=C/CC/C=C/CC/C=C/C(O)C(COP(=O)(O)OCC[N+](C)(C)C)NC(=O)CCCCCCCCCCCC. The number of phosphoric ester groups is 1. The molecule has 0 aromatic rings. The van der Waals surface area contributed by atoms with Crippen molar-refractivity contribution in [2.75, 3.05) is 40.9 Å². The molecule has 9 heteroatoms. The predicted octanol–water partition coefficient (Wildman–Crippen LogP) is 12.7. The van der Waals surface area contributed by atoms with Gasteiger partial charge in [0.05, 0.1) is 39.9 Å². The number of nitrogens with zero attached hydrogens (tertiary/aromatic N) is 1. The second kappa shape index (κ2) is 38.2. The number of phosphoric acid groups is 1. The summed E-state index contributed by atoms with van der Waals surface area (Å²) < 4.78 is 23.5. The molecule has 0 saturated carbocycles. The Labute approximate surface area is 340 Å². The molecule has 0 rings (SSSR count). The van der Waals surface area contributed by atoms with Gasteiger partial charge in [-0.25, -0.2) is 4.57 Å². The molecule has 1 amide bonds. The molecular weight excluding hydrogens is 707 g/mol. The van der Waals surface area contributed by atoms with Crippen molar-refractivity contribution in [1.29, 1.82) is 0 Å². The van der Waals surface area contributed by atoms with Crippen LogP contribution in [0.4, 0.5) is 0 Å². The number of unbranched alkanes of at least 4 members (excludes halogenated alkanes) is 24. The molecule has 0 aliphatic rings. The minimum absolute atomic E-state index is 0.0544. The van der Waals surface area contributed by atoms with E-state index in [2.05, 4.69) is 43.5 Å². The molecule has 8 nitrogen and oxygen atoms in total. The number of aliphatic hydroxyl groups excluding tert-OH is 1. The number of rotatable bonds is 41. The summed E-state index contributed by atoms with van der Waals surface area (Å²) in [5, 5.41) is 13.8. The van der Waals surface area contributed by atoms with Crippen LogP contribution in [0, 0.1) is 0 Å². The predicted molar refractivity (Wildman–Crippen MR) is 235 cm³/mol. The molecule has 0 bridgehead atoms. The van der Waals surface area contributed by atoms with Crippen LogP contribution in [-0.4, -0.2) is 73.4 Å². The molecule has 0 saturated heterocycles. The van der Waals surface area contributed by atoms with Gasteiger partial charge in [-0.05, 0) is 44.9 Å². The van der Waals surface area contributed by atoms with Crippen molar-refractivity contribution in [3.63, 3.8) is 0 Å². The highest BCUT2D eigenvalue weighted by atomic mass is 31.2. The largest absolute Gasteiger partial charge is 0.472 e. The van der Waals surface area contributed by atoms with E-state index >= 15 is 0 Å². The van der Waals surface area contributed by atoms with E-state index in [0.29, 0.717) is 17.4 Å². The van der Waals surface area contributed by atoms with E-state index in [-0.39, 0.29) is 19.1 Å². The maximum Gasteiger partial charge on any atom is 0.472 e. The zero-order chi connectivity index (χ0) is 40.7. The van der Waals surface area contributed by atoms with Gasteiger partial charge in [0.25, 0.3) is 0 Å². The minimum Gasteiger partial charge on any atom is -0.387 e. The van der Waals surface area contributed by atoms with Crippen molar-refractivity contribution in [2.45, 2.75) is 212 Å². The molecule has 0 spiro atoms. The van der Waals surface area contributed by atoms with Crippen LogP contribution in [0.25, 0.3) is 0 Å². The summed E-state index contributed by atoms with van der Waals surface area (Å²) >= 11 is 0. The molecule has 55 heavy (non-hydrogen) atoms. The van der Waals surface area contributed by atoms with Crippen LogP contribution >= 0.6 is 7.82 Å². The van der Waals surface area contributed by atoms with Crippen LogP contribution in [0.2, 0.25) is 0 Å². The average molecular weight is 798 g/mol. The molecule has 0 aromatic heterocycles. The Morgan fingerprint density at radius 3 is 1.45 bits per heavy atom. The van der Waals surface area contributed by atoms with E-state index in [4.69, 9.17) is 9.05 Å². The van der Waals surface area contributed by atoms with Gasteiger partial charge in [0.2, 0.25) is 5.91 Å². The third-order valence-corrected chi connectivity index (χ3v) is 11.1. The van der Waals surface area contributed by atoms with E-state index < -0.39 is 20.0 Å². The Bertz CT molecular complexity index is 995. The molecule has 3 N–H and O–H groups in total. The number of allylic oxidation sites excluding steroid dienone is 5. The minimum atomic E-state index is -4.34. The Morgan fingerprint density at radius 2 is 1.00 bits per heavy atom. The molecule has 0 aromatic carbocycles. The maximum atomic E-state index is 12.8. The summed E-state index contributed by atoms with van der Waals surface area (Å²) in [6.45, 7) is 4.77. The highest BCUT2D eigenvalue weighted by Crippen LogP contribution is 2.43. The second-order valence-corrected chi connectivity index (χ2v) is 18.2. The lowest BCUT2D eigenvalue weighted by molar-refractivity contribution is -0.870. The van der Waals surface area contributed by atoms with Gasteiger partial charge in [0, 0.05) is 6.42 Å². The number of nitrogens with one attached hydrogen (secondary N) is 1. The summed E-state index contributed by atoms with van der Waals surface area (Å²) in [7, 11) is 1.55. The summed E-state index contributed by atoms with van der Waals surface area (Å²) in [5.41, 5.74) is 0. The van der Waals surface area contributed by atoms with Gasteiger partial charge in [-0.3, -0.25) is 13.8 Å². The summed E-state index contributed by atoms with van der Waals surface area (Å²) in [6.07, 6.45) is 46.6. The fourth-order valence-electron chi connectivity index (χ4n) is 6.43. The maximum absolute atomic E-state index is 12.8. The van der Waals surface area contributed by atoms with Crippen molar-refractivity contribution in [3.8, 4) is 0 Å². The smallest absolute Gasteiger partial charge is 0.387 e. The molecular formula is C46H90N2O6P+. The monoisotopic (exact) mass is 798 g/mol. The van der Waals surface area contributed by atoms with Crippen molar-refractivity contribution in [1.82, 2.24) is 5.32 Å². The third kappa shape index (κ3) is 40.7. The molecule has 324 valence electrons. The van der Waals surface area contributed by atoms with Gasteiger partial charge in [-0.1, -0.05) is 185 Å². The summed E-state index contributed by atoms with van der Waals surface area (Å²) in [4.78, 5) is 23.0. The second-order valence-electron chi connectivity index (χ2n) is 16.8. The first kappa shape index (κ1) is 53.7. The lowest BCUT2D eigenvalue weighted by atomic mass is 10.0. The molecule has 0 radical (unpaired) electrons. The fraction of sp³-hybridized carbons (Fsp3) is 0.848. The Kier molecular flexibility index (Phi) is 37.4. The van der Waals surface area contributed by atoms with Crippen molar-refractivity contribution >= 4 is 13.7 Å². The van der Waals surface area contributed by atoms with Crippen LogP contribution in [0.3, 0.4) is 0 Å². The molecule has 0 aliphatic carbocycles. The van der Waals surface area contributed by atoms with Gasteiger partial charge in [-0.15, -0.1) is 0 Å². The molecule has 3 atom stereocenters. The lowest BCUT2D eigenvalue weighted by Gasteiger charge is -2.25. The Morgan fingerprint density at radius 1 is 0.600 bits per heavy atom. The Balaban J connectivity index is 4.38. The van der Waals surface area contributed by atoms with Gasteiger partial charge in [0.1, 0.15) is 13.2 Å². The third-order valence-electron chi connectivity index (χ3n) is 10.1. The number of carbonyl (C=O) groups excluding carboxylic acids is 1. The van der Waals surface area contributed by atoms with Gasteiger partial charge in [-0.2, -0.15) is 0 Å². The lowest BCUT2D eigenvalue weighted by Crippen LogP contribution is -2.45.